The van der Waals surface area contributed by atoms with Gasteiger partial charge in [0.15, 0.2) is 5.78 Å². The smallest absolute Gasteiger partial charge is 0.404 e. The number of rotatable bonds is 9. The molecule has 0 bridgehead atoms. The van der Waals surface area contributed by atoms with E-state index in [0.29, 0.717) is 23.5 Å². The van der Waals surface area contributed by atoms with Gasteiger partial charge in [-0.05, 0) is 18.6 Å². The Kier molecular flexibility index (Phi) is 7.45. The summed E-state index contributed by atoms with van der Waals surface area (Å²) in [6.07, 6.45) is 2.51. The van der Waals surface area contributed by atoms with Crippen molar-refractivity contribution < 1.29 is 24.2 Å². The highest BCUT2D eigenvalue weighted by molar-refractivity contribution is 6.08. The first-order valence-corrected chi connectivity index (χ1v) is 7.11. The van der Waals surface area contributed by atoms with E-state index < -0.39 is 6.09 Å². The van der Waals surface area contributed by atoms with Crippen molar-refractivity contribution in [2.24, 2.45) is 0 Å². The van der Waals surface area contributed by atoms with Gasteiger partial charge in [0.05, 0.1) is 13.7 Å². The van der Waals surface area contributed by atoms with E-state index in [9.17, 15) is 9.59 Å². The number of amides is 1. The summed E-state index contributed by atoms with van der Waals surface area (Å²) < 4.78 is 10.8. The van der Waals surface area contributed by atoms with E-state index in [-0.39, 0.29) is 18.9 Å². The first-order valence-electron chi connectivity index (χ1n) is 7.11. The molecule has 2 N–H and O–H groups in total. The standard InChI is InChI=1S/C16H22N2O5/c1-18(2)10-8-12(19)15-13(22-3)6-4-7-14(15)23-11-5-9-17-16(20)21/h4,6-8,10,17H,5,9,11H2,1-3H3,(H,20,21). The molecule has 0 atom stereocenters. The van der Waals surface area contributed by atoms with Gasteiger partial charge in [0, 0.05) is 32.9 Å². The monoisotopic (exact) mass is 322 g/mol. The van der Waals surface area contributed by atoms with Crippen molar-refractivity contribution in [3.63, 3.8) is 0 Å². The summed E-state index contributed by atoms with van der Waals surface area (Å²) in [6.45, 7) is 0.564. The lowest BCUT2D eigenvalue weighted by Crippen LogP contribution is -2.23. The van der Waals surface area contributed by atoms with Crippen molar-refractivity contribution in [2.45, 2.75) is 6.42 Å². The fourth-order valence-corrected chi connectivity index (χ4v) is 1.79. The molecule has 0 aliphatic heterocycles. The molecular formula is C16H22N2O5. The number of nitrogens with one attached hydrogen (secondary N) is 1. The van der Waals surface area contributed by atoms with Gasteiger partial charge in [-0.15, -0.1) is 0 Å². The van der Waals surface area contributed by atoms with Gasteiger partial charge >= 0.3 is 6.09 Å². The largest absolute Gasteiger partial charge is 0.496 e. The van der Waals surface area contributed by atoms with Gasteiger partial charge in [0.2, 0.25) is 0 Å². The molecule has 0 unspecified atom stereocenters. The minimum atomic E-state index is -1.07. The minimum absolute atomic E-state index is 0.227. The number of carbonyl (C=O) groups is 2. The van der Waals surface area contributed by atoms with E-state index >= 15 is 0 Å². The molecule has 7 heteroatoms. The average molecular weight is 322 g/mol. The second kappa shape index (κ2) is 9.34. The van der Waals surface area contributed by atoms with Crippen LogP contribution >= 0.6 is 0 Å². The number of hydrogen-bond acceptors (Lipinski definition) is 5. The highest BCUT2D eigenvalue weighted by Crippen LogP contribution is 2.29. The lowest BCUT2D eigenvalue weighted by molar-refractivity contribution is 0.103. The summed E-state index contributed by atoms with van der Waals surface area (Å²) in [5.74, 6) is 0.613. The Balaban J connectivity index is 2.82. The highest BCUT2D eigenvalue weighted by Gasteiger charge is 2.16. The van der Waals surface area contributed by atoms with Crippen LogP contribution < -0.4 is 14.8 Å². The molecule has 0 aromatic heterocycles. The lowest BCUT2D eigenvalue weighted by Gasteiger charge is -2.13. The normalized spacial score (nSPS) is 10.4. The van der Waals surface area contributed by atoms with Crippen LogP contribution in [-0.4, -0.2) is 56.2 Å². The number of hydrogen-bond donors (Lipinski definition) is 2. The quantitative estimate of drug-likeness (QED) is 0.411. The maximum atomic E-state index is 12.4. The molecule has 0 spiro atoms. The number of benzene rings is 1. The molecule has 0 aliphatic carbocycles. The molecule has 0 aliphatic rings. The van der Waals surface area contributed by atoms with Crippen LogP contribution in [0, 0.1) is 0 Å². The Morgan fingerprint density at radius 2 is 2.00 bits per heavy atom. The van der Waals surface area contributed by atoms with Crippen LogP contribution in [0.25, 0.3) is 0 Å². The number of carbonyl (C=O) groups excluding carboxylic acids is 1. The fourth-order valence-electron chi connectivity index (χ4n) is 1.79. The summed E-state index contributed by atoms with van der Waals surface area (Å²) in [6, 6.07) is 5.11. The van der Waals surface area contributed by atoms with Gasteiger partial charge in [0.25, 0.3) is 0 Å². The molecule has 7 nitrogen and oxygen atoms in total. The first-order chi connectivity index (χ1) is 11.0. The number of nitrogens with zero attached hydrogens (tertiary/aromatic N) is 1. The van der Waals surface area contributed by atoms with Crippen LogP contribution in [0.2, 0.25) is 0 Å². The molecule has 0 radical (unpaired) electrons. The van der Waals surface area contributed by atoms with Crippen molar-refractivity contribution in [3.05, 3.63) is 36.0 Å². The topological polar surface area (TPSA) is 88.1 Å². The molecule has 1 rings (SSSR count). The third-order valence-electron chi connectivity index (χ3n) is 2.83. The Labute approximate surface area is 135 Å². The fraction of sp³-hybridized carbons (Fsp3) is 0.375. The molecule has 0 saturated carbocycles. The van der Waals surface area contributed by atoms with Crippen molar-refractivity contribution in [1.82, 2.24) is 10.2 Å². The maximum absolute atomic E-state index is 12.4. The Morgan fingerprint density at radius 3 is 2.61 bits per heavy atom. The second-order valence-corrected chi connectivity index (χ2v) is 4.91. The van der Waals surface area contributed by atoms with Gasteiger partial charge in [-0.3, -0.25) is 4.79 Å². The van der Waals surface area contributed by atoms with Crippen LogP contribution in [0.15, 0.2) is 30.5 Å². The Bertz CT molecular complexity index is 570. The summed E-state index contributed by atoms with van der Waals surface area (Å²) in [4.78, 5) is 24.5. The molecule has 23 heavy (non-hydrogen) atoms. The van der Waals surface area contributed by atoms with Crippen LogP contribution in [0.1, 0.15) is 16.8 Å². The molecule has 0 heterocycles. The summed E-state index contributed by atoms with van der Waals surface area (Å²) >= 11 is 0. The number of ether oxygens (including phenoxy) is 2. The van der Waals surface area contributed by atoms with Crippen LogP contribution in [0.5, 0.6) is 11.5 Å². The van der Waals surface area contributed by atoms with Gasteiger partial charge in [0.1, 0.15) is 17.1 Å². The number of carboxylic acid groups (broad SMARTS) is 1. The van der Waals surface area contributed by atoms with Gasteiger partial charge in [-0.2, -0.15) is 0 Å². The SMILES string of the molecule is COc1cccc(OCCCNC(=O)O)c1C(=O)C=CN(C)C. The molecule has 1 amide bonds. The molecule has 0 saturated heterocycles. The second-order valence-electron chi connectivity index (χ2n) is 4.91. The van der Waals surface area contributed by atoms with E-state index in [1.165, 1.54) is 13.2 Å². The van der Waals surface area contributed by atoms with Crippen LogP contribution in [-0.2, 0) is 0 Å². The van der Waals surface area contributed by atoms with E-state index in [2.05, 4.69) is 5.32 Å². The first kappa shape index (κ1) is 18.3. The van der Waals surface area contributed by atoms with Crippen molar-refractivity contribution >= 4 is 11.9 Å². The summed E-state index contributed by atoms with van der Waals surface area (Å²) in [5, 5.41) is 10.7. The van der Waals surface area contributed by atoms with Crippen LogP contribution in [0.3, 0.4) is 0 Å². The minimum Gasteiger partial charge on any atom is -0.496 e. The van der Waals surface area contributed by atoms with Gasteiger partial charge in [-0.25, -0.2) is 4.79 Å². The zero-order valence-corrected chi connectivity index (χ0v) is 13.5. The molecule has 1 aromatic carbocycles. The zero-order chi connectivity index (χ0) is 17.2. The Hall–Kier alpha value is -2.70. The third kappa shape index (κ3) is 6.29. The molecule has 1 aromatic rings. The summed E-state index contributed by atoms with van der Waals surface area (Å²) in [7, 11) is 5.13. The van der Waals surface area contributed by atoms with Crippen LogP contribution in [0.4, 0.5) is 4.79 Å². The van der Waals surface area contributed by atoms with E-state index in [4.69, 9.17) is 14.6 Å². The highest BCUT2D eigenvalue weighted by atomic mass is 16.5. The van der Waals surface area contributed by atoms with E-state index in [0.717, 1.165) is 0 Å². The Morgan fingerprint density at radius 1 is 1.30 bits per heavy atom. The predicted molar refractivity (Wildman–Crippen MR) is 86.3 cm³/mol. The summed E-state index contributed by atoms with van der Waals surface area (Å²) in [5.41, 5.74) is 0.347. The third-order valence-corrected chi connectivity index (χ3v) is 2.83. The zero-order valence-electron chi connectivity index (χ0n) is 13.5. The van der Waals surface area contributed by atoms with E-state index in [1.54, 1.807) is 29.3 Å². The molecule has 126 valence electrons. The van der Waals surface area contributed by atoms with Crippen molar-refractivity contribution in [3.8, 4) is 11.5 Å². The van der Waals surface area contributed by atoms with Crippen molar-refractivity contribution in [1.29, 1.82) is 0 Å². The number of methoxy groups -OCH3 is 1. The lowest BCUT2D eigenvalue weighted by atomic mass is 10.1. The van der Waals surface area contributed by atoms with Gasteiger partial charge < -0.3 is 24.8 Å². The molecule has 0 fully saturated rings. The predicted octanol–water partition coefficient (Wildman–Crippen LogP) is 1.99. The molecular weight excluding hydrogens is 300 g/mol. The maximum Gasteiger partial charge on any atom is 0.404 e. The van der Waals surface area contributed by atoms with Gasteiger partial charge in [-0.1, -0.05) is 6.07 Å². The number of ketones is 1. The van der Waals surface area contributed by atoms with E-state index in [1.807, 2.05) is 14.1 Å². The van der Waals surface area contributed by atoms with Crippen molar-refractivity contribution in [2.75, 3.05) is 34.4 Å². The average Bonchev–Trinajstić information content (AvgIpc) is 2.51. The number of allylic oxidation sites excluding steroid dienone is 1.